The van der Waals surface area contributed by atoms with E-state index in [1.807, 2.05) is 31.2 Å². The first kappa shape index (κ1) is 22.5. The summed E-state index contributed by atoms with van der Waals surface area (Å²) in [5.74, 6) is -0.377. The number of anilines is 2. The quantitative estimate of drug-likeness (QED) is 0.286. The summed E-state index contributed by atoms with van der Waals surface area (Å²) in [6, 6.07) is 21.3. The van der Waals surface area contributed by atoms with Gasteiger partial charge in [0.2, 0.25) is 5.91 Å². The van der Waals surface area contributed by atoms with Crippen molar-refractivity contribution in [2.45, 2.75) is 19.8 Å². The summed E-state index contributed by atoms with van der Waals surface area (Å²) in [5.41, 5.74) is 2.80. The Bertz CT molecular complexity index is 1640. The molecule has 35 heavy (non-hydrogen) atoms. The van der Waals surface area contributed by atoms with Crippen LogP contribution in [0.15, 0.2) is 82.0 Å². The van der Waals surface area contributed by atoms with Crippen molar-refractivity contribution in [2.24, 2.45) is 0 Å². The van der Waals surface area contributed by atoms with Crippen molar-refractivity contribution in [1.29, 1.82) is 0 Å². The third-order valence-electron chi connectivity index (χ3n) is 5.45. The van der Waals surface area contributed by atoms with E-state index in [0.29, 0.717) is 39.5 Å². The zero-order chi connectivity index (χ0) is 24.4. The molecule has 0 aliphatic carbocycles. The molecule has 0 radical (unpaired) electrons. The molecule has 0 saturated heterocycles. The van der Waals surface area contributed by atoms with E-state index in [1.165, 1.54) is 11.3 Å². The second-order valence-corrected chi connectivity index (χ2v) is 9.05. The molecular weight excluding hydrogens is 462 g/mol. The molecule has 2 heterocycles. The Morgan fingerprint density at radius 3 is 2.69 bits per heavy atom. The molecule has 0 fully saturated rings. The van der Waals surface area contributed by atoms with Crippen LogP contribution in [-0.4, -0.2) is 16.8 Å². The molecule has 0 spiro atoms. The van der Waals surface area contributed by atoms with Crippen molar-refractivity contribution in [3.8, 4) is 11.1 Å². The summed E-state index contributed by atoms with van der Waals surface area (Å²) in [5, 5.41) is 7.04. The molecule has 0 unspecified atom stereocenters. The monoisotopic (exact) mass is 483 g/mol. The maximum Gasteiger partial charge on any atom is 0.344 e. The van der Waals surface area contributed by atoms with Crippen LogP contribution in [0.25, 0.3) is 32.3 Å². The standard InChI is InChI=1S/C27H21N3O4S/c1-2-6-24(31)30-27-29-21-12-11-19(15-23(21)35-27)28-25(32)18-9-5-8-16(13-18)20-14-17-7-3-4-10-22(17)34-26(20)33/h3-5,7-15H,2,6H2,1H3,(H,28,32)(H,29,30,31). The zero-order valence-electron chi connectivity index (χ0n) is 18.8. The van der Waals surface area contributed by atoms with E-state index in [9.17, 15) is 14.4 Å². The third kappa shape index (κ3) is 4.83. The van der Waals surface area contributed by atoms with Crippen LogP contribution in [0, 0.1) is 0 Å². The van der Waals surface area contributed by atoms with E-state index in [1.54, 1.807) is 48.5 Å². The Kier molecular flexibility index (Phi) is 6.12. The number of carbonyl (C=O) groups is 2. The molecule has 0 saturated carbocycles. The summed E-state index contributed by atoms with van der Waals surface area (Å²) < 4.78 is 6.28. The molecule has 3 aromatic carbocycles. The van der Waals surface area contributed by atoms with Crippen LogP contribution in [-0.2, 0) is 4.79 Å². The molecule has 174 valence electrons. The minimum atomic E-state index is -0.460. The Morgan fingerprint density at radius 1 is 0.971 bits per heavy atom. The minimum absolute atomic E-state index is 0.0691. The predicted octanol–water partition coefficient (Wildman–Crippen LogP) is 6.06. The van der Waals surface area contributed by atoms with E-state index < -0.39 is 5.63 Å². The van der Waals surface area contributed by atoms with Gasteiger partial charge >= 0.3 is 5.63 Å². The molecule has 2 N–H and O–H groups in total. The van der Waals surface area contributed by atoms with Crippen molar-refractivity contribution in [3.05, 3.63) is 88.8 Å². The van der Waals surface area contributed by atoms with E-state index in [-0.39, 0.29) is 11.8 Å². The van der Waals surface area contributed by atoms with Crippen molar-refractivity contribution in [3.63, 3.8) is 0 Å². The van der Waals surface area contributed by atoms with Gasteiger partial charge in [-0.1, -0.05) is 48.6 Å². The van der Waals surface area contributed by atoms with Gasteiger partial charge in [-0.25, -0.2) is 9.78 Å². The number of aromatic nitrogens is 1. The molecule has 0 atom stereocenters. The minimum Gasteiger partial charge on any atom is -0.422 e. The molecule has 7 nitrogen and oxygen atoms in total. The highest BCUT2D eigenvalue weighted by molar-refractivity contribution is 7.22. The lowest BCUT2D eigenvalue weighted by Crippen LogP contribution is -2.12. The van der Waals surface area contributed by atoms with Gasteiger partial charge < -0.3 is 15.1 Å². The van der Waals surface area contributed by atoms with Crippen LogP contribution in [0.5, 0.6) is 0 Å². The number of fused-ring (bicyclic) bond motifs is 2. The second-order valence-electron chi connectivity index (χ2n) is 8.02. The van der Waals surface area contributed by atoms with Crippen molar-refractivity contribution in [2.75, 3.05) is 10.6 Å². The van der Waals surface area contributed by atoms with Gasteiger partial charge in [-0.3, -0.25) is 9.59 Å². The number of rotatable bonds is 6. The Hall–Kier alpha value is -4.30. The fourth-order valence-electron chi connectivity index (χ4n) is 3.76. The number of hydrogen-bond donors (Lipinski definition) is 2. The average molecular weight is 484 g/mol. The van der Waals surface area contributed by atoms with E-state index in [4.69, 9.17) is 4.42 Å². The van der Waals surface area contributed by atoms with E-state index in [0.717, 1.165) is 22.0 Å². The lowest BCUT2D eigenvalue weighted by Gasteiger charge is -2.07. The van der Waals surface area contributed by atoms with Gasteiger partial charge in [0.1, 0.15) is 5.58 Å². The van der Waals surface area contributed by atoms with Crippen molar-refractivity contribution < 1.29 is 14.0 Å². The van der Waals surface area contributed by atoms with Crippen molar-refractivity contribution >= 4 is 55.2 Å². The van der Waals surface area contributed by atoms with Gasteiger partial charge in [0, 0.05) is 23.1 Å². The van der Waals surface area contributed by atoms with E-state index >= 15 is 0 Å². The first-order chi connectivity index (χ1) is 17.0. The smallest absolute Gasteiger partial charge is 0.344 e. The zero-order valence-corrected chi connectivity index (χ0v) is 19.6. The Morgan fingerprint density at radius 2 is 1.83 bits per heavy atom. The second kappa shape index (κ2) is 9.52. The van der Waals surface area contributed by atoms with Crippen LogP contribution in [0.2, 0.25) is 0 Å². The lowest BCUT2D eigenvalue weighted by atomic mass is 10.0. The fourth-order valence-corrected chi connectivity index (χ4v) is 4.68. The van der Waals surface area contributed by atoms with E-state index in [2.05, 4.69) is 15.6 Å². The maximum absolute atomic E-state index is 13.0. The van der Waals surface area contributed by atoms with Crippen LogP contribution in [0.3, 0.4) is 0 Å². The average Bonchev–Trinajstić information content (AvgIpc) is 3.25. The maximum atomic E-state index is 13.0. The first-order valence-corrected chi connectivity index (χ1v) is 12.0. The number of nitrogens with zero attached hydrogens (tertiary/aromatic N) is 1. The summed E-state index contributed by atoms with van der Waals surface area (Å²) in [6.07, 6.45) is 1.21. The highest BCUT2D eigenvalue weighted by Gasteiger charge is 2.13. The fraction of sp³-hybridized carbons (Fsp3) is 0.111. The van der Waals surface area contributed by atoms with Gasteiger partial charge in [-0.15, -0.1) is 0 Å². The molecule has 0 aliphatic rings. The number of para-hydroxylation sites is 1. The van der Waals surface area contributed by atoms with Crippen LogP contribution in [0.4, 0.5) is 10.8 Å². The first-order valence-electron chi connectivity index (χ1n) is 11.2. The number of amides is 2. The molecule has 0 aliphatic heterocycles. The molecule has 5 rings (SSSR count). The normalized spacial score (nSPS) is 11.0. The van der Waals surface area contributed by atoms with Gasteiger partial charge in [0.25, 0.3) is 5.91 Å². The SMILES string of the molecule is CCCC(=O)Nc1nc2ccc(NC(=O)c3cccc(-c4cc5ccccc5oc4=O)c3)cc2s1. The van der Waals surface area contributed by atoms with Crippen LogP contribution in [0.1, 0.15) is 30.1 Å². The topological polar surface area (TPSA) is 101 Å². The largest absolute Gasteiger partial charge is 0.422 e. The molecule has 0 bridgehead atoms. The van der Waals surface area contributed by atoms with Crippen LogP contribution < -0.4 is 16.3 Å². The molecular formula is C27H21N3O4S. The van der Waals surface area contributed by atoms with Gasteiger partial charge in [-0.05, 0) is 54.4 Å². The number of thiazole rings is 1. The lowest BCUT2D eigenvalue weighted by molar-refractivity contribution is -0.116. The summed E-state index contributed by atoms with van der Waals surface area (Å²) >= 11 is 1.35. The summed E-state index contributed by atoms with van der Waals surface area (Å²) in [6.45, 7) is 1.94. The summed E-state index contributed by atoms with van der Waals surface area (Å²) in [4.78, 5) is 41.8. The summed E-state index contributed by atoms with van der Waals surface area (Å²) in [7, 11) is 0. The Balaban J connectivity index is 1.38. The molecule has 2 aromatic heterocycles. The van der Waals surface area contributed by atoms with Gasteiger partial charge in [-0.2, -0.15) is 0 Å². The van der Waals surface area contributed by atoms with Crippen molar-refractivity contribution in [1.82, 2.24) is 4.98 Å². The number of carbonyl (C=O) groups excluding carboxylic acids is 2. The number of hydrogen-bond acceptors (Lipinski definition) is 6. The molecule has 5 aromatic rings. The highest BCUT2D eigenvalue weighted by atomic mass is 32.1. The highest BCUT2D eigenvalue weighted by Crippen LogP contribution is 2.29. The molecule has 2 amide bonds. The number of nitrogens with one attached hydrogen (secondary N) is 2. The Labute approximate surface area is 204 Å². The number of benzene rings is 3. The third-order valence-corrected chi connectivity index (χ3v) is 6.38. The van der Waals surface area contributed by atoms with Gasteiger partial charge in [0.15, 0.2) is 5.13 Å². The van der Waals surface area contributed by atoms with Crippen LogP contribution >= 0.6 is 11.3 Å². The van der Waals surface area contributed by atoms with Gasteiger partial charge in [0.05, 0.1) is 15.8 Å². The predicted molar refractivity (Wildman–Crippen MR) is 139 cm³/mol. The molecule has 8 heteroatoms.